The minimum Gasteiger partial charge on any atom is -0.497 e. The summed E-state index contributed by atoms with van der Waals surface area (Å²) < 4.78 is 11.1. The smallest absolute Gasteiger partial charge is 0.275 e. The second-order valence-electron chi connectivity index (χ2n) is 5.48. The molecule has 0 saturated carbocycles. The van der Waals surface area contributed by atoms with Crippen LogP contribution in [-0.4, -0.2) is 41.9 Å². The third kappa shape index (κ3) is 2.32. The highest BCUT2D eigenvalue weighted by atomic mass is 16.5. The molecule has 1 aromatic carbocycles. The van der Waals surface area contributed by atoms with Gasteiger partial charge in [0, 0.05) is 18.0 Å². The molecule has 0 bridgehead atoms. The van der Waals surface area contributed by atoms with Gasteiger partial charge in [0.1, 0.15) is 11.5 Å². The molecule has 2 aliphatic rings. The van der Waals surface area contributed by atoms with Crippen LogP contribution in [0.4, 0.5) is 0 Å². The van der Waals surface area contributed by atoms with E-state index in [1.165, 1.54) is 5.01 Å². The predicted molar refractivity (Wildman–Crippen MR) is 83.8 cm³/mol. The van der Waals surface area contributed by atoms with Crippen molar-refractivity contribution in [3.8, 4) is 11.5 Å². The van der Waals surface area contributed by atoms with E-state index in [0.29, 0.717) is 18.7 Å². The Morgan fingerprint density at radius 3 is 3.09 bits per heavy atom. The van der Waals surface area contributed by atoms with Crippen molar-refractivity contribution < 1.29 is 14.3 Å². The molecule has 0 radical (unpaired) electrons. The van der Waals surface area contributed by atoms with Gasteiger partial charge in [-0.25, -0.2) is 5.01 Å². The van der Waals surface area contributed by atoms with E-state index in [1.54, 1.807) is 31.6 Å². The third-order valence-corrected chi connectivity index (χ3v) is 4.05. The van der Waals surface area contributed by atoms with Crippen LogP contribution in [-0.2, 0) is 0 Å². The molecule has 1 atom stereocenters. The van der Waals surface area contributed by atoms with Gasteiger partial charge in [0.05, 0.1) is 37.5 Å². The minimum absolute atomic E-state index is 0.0789. The summed E-state index contributed by atoms with van der Waals surface area (Å²) in [5, 5.41) is 6.04. The van der Waals surface area contributed by atoms with Crippen molar-refractivity contribution in [2.24, 2.45) is 11.0 Å². The maximum atomic E-state index is 12.5. The Kier molecular flexibility index (Phi) is 3.22. The molecule has 0 spiro atoms. The standard InChI is InChI=1S/C17H15N3O3/c1-22-13-4-5-15-14(7-13)16-12(10-23-15)9-20(19-16)17(21)11-3-2-6-18-8-11/h2-8,12H,9-10H2,1H3. The number of benzene rings is 1. The number of hydrogen-bond acceptors (Lipinski definition) is 5. The van der Waals surface area contributed by atoms with Gasteiger partial charge in [-0.05, 0) is 30.3 Å². The zero-order valence-corrected chi connectivity index (χ0v) is 12.6. The summed E-state index contributed by atoms with van der Waals surface area (Å²) in [6, 6.07) is 9.11. The normalized spacial score (nSPS) is 18.6. The molecular formula is C17H15N3O3. The first-order valence-electron chi connectivity index (χ1n) is 7.38. The average molecular weight is 309 g/mol. The molecule has 0 fully saturated rings. The molecule has 0 aliphatic carbocycles. The zero-order chi connectivity index (χ0) is 15.8. The number of pyridine rings is 1. The van der Waals surface area contributed by atoms with E-state index in [0.717, 1.165) is 22.8 Å². The fourth-order valence-electron chi connectivity index (χ4n) is 2.87. The van der Waals surface area contributed by atoms with E-state index in [9.17, 15) is 4.79 Å². The van der Waals surface area contributed by atoms with Crippen LogP contribution in [0.5, 0.6) is 11.5 Å². The van der Waals surface area contributed by atoms with Gasteiger partial charge in [-0.15, -0.1) is 0 Å². The highest BCUT2D eigenvalue weighted by Crippen LogP contribution is 2.34. The maximum Gasteiger partial charge on any atom is 0.275 e. The number of carbonyl (C=O) groups excluding carboxylic acids is 1. The molecule has 4 rings (SSSR count). The number of nitrogens with zero attached hydrogens (tertiary/aromatic N) is 3. The van der Waals surface area contributed by atoms with Gasteiger partial charge in [0.15, 0.2) is 0 Å². The van der Waals surface area contributed by atoms with Gasteiger partial charge in [-0.3, -0.25) is 9.78 Å². The lowest BCUT2D eigenvalue weighted by Crippen LogP contribution is -2.31. The van der Waals surface area contributed by atoms with Crippen molar-refractivity contribution >= 4 is 11.6 Å². The van der Waals surface area contributed by atoms with Gasteiger partial charge in [-0.2, -0.15) is 5.10 Å². The number of carbonyl (C=O) groups is 1. The number of methoxy groups -OCH3 is 1. The van der Waals surface area contributed by atoms with Gasteiger partial charge in [0.25, 0.3) is 5.91 Å². The monoisotopic (exact) mass is 309 g/mol. The van der Waals surface area contributed by atoms with Crippen LogP contribution in [0.3, 0.4) is 0 Å². The molecule has 0 saturated heterocycles. The number of hydrogen-bond donors (Lipinski definition) is 0. The molecule has 23 heavy (non-hydrogen) atoms. The lowest BCUT2D eigenvalue weighted by atomic mass is 9.95. The number of aromatic nitrogens is 1. The Morgan fingerprint density at radius 1 is 1.39 bits per heavy atom. The zero-order valence-electron chi connectivity index (χ0n) is 12.6. The average Bonchev–Trinajstić information content (AvgIpc) is 3.06. The summed E-state index contributed by atoms with van der Waals surface area (Å²) >= 11 is 0. The summed E-state index contributed by atoms with van der Waals surface area (Å²) in [5.74, 6) is 1.45. The Hall–Kier alpha value is -2.89. The maximum absolute atomic E-state index is 12.5. The number of fused-ring (bicyclic) bond motifs is 3. The minimum atomic E-state index is -0.149. The first-order chi connectivity index (χ1) is 11.3. The lowest BCUT2D eigenvalue weighted by Gasteiger charge is -2.22. The lowest BCUT2D eigenvalue weighted by molar-refractivity contribution is 0.0760. The SMILES string of the molecule is COc1ccc2c(c1)C1=NN(C(=O)c3cccnc3)CC1CO2. The predicted octanol–water partition coefficient (Wildman–Crippen LogP) is 1.96. The van der Waals surface area contributed by atoms with Crippen molar-refractivity contribution in [2.45, 2.75) is 0 Å². The number of amides is 1. The fraction of sp³-hybridized carbons (Fsp3) is 0.235. The molecule has 1 amide bonds. The molecular weight excluding hydrogens is 294 g/mol. The van der Waals surface area contributed by atoms with Crippen LogP contribution in [0.25, 0.3) is 0 Å². The van der Waals surface area contributed by atoms with Gasteiger partial charge >= 0.3 is 0 Å². The van der Waals surface area contributed by atoms with Crippen molar-refractivity contribution in [1.29, 1.82) is 0 Å². The molecule has 6 nitrogen and oxygen atoms in total. The van der Waals surface area contributed by atoms with Crippen LogP contribution in [0, 0.1) is 5.92 Å². The van der Waals surface area contributed by atoms with Crippen molar-refractivity contribution in [2.75, 3.05) is 20.3 Å². The number of rotatable bonds is 2. The van der Waals surface area contributed by atoms with Gasteiger partial charge < -0.3 is 9.47 Å². The molecule has 2 aliphatic heterocycles. The van der Waals surface area contributed by atoms with Crippen molar-refractivity contribution in [1.82, 2.24) is 9.99 Å². The van der Waals surface area contributed by atoms with E-state index in [1.807, 2.05) is 18.2 Å². The van der Waals surface area contributed by atoms with E-state index in [4.69, 9.17) is 9.47 Å². The summed E-state index contributed by atoms with van der Waals surface area (Å²) in [4.78, 5) is 16.5. The molecule has 3 heterocycles. The second-order valence-corrected chi connectivity index (χ2v) is 5.48. The Labute approximate surface area is 133 Å². The fourth-order valence-corrected chi connectivity index (χ4v) is 2.87. The van der Waals surface area contributed by atoms with Crippen LogP contribution in [0.15, 0.2) is 47.8 Å². The summed E-state index contributed by atoms with van der Waals surface area (Å²) in [7, 11) is 1.62. The molecule has 2 aromatic rings. The number of ether oxygens (including phenoxy) is 2. The first-order valence-corrected chi connectivity index (χ1v) is 7.38. The van der Waals surface area contributed by atoms with E-state index in [-0.39, 0.29) is 11.8 Å². The van der Waals surface area contributed by atoms with E-state index < -0.39 is 0 Å². The van der Waals surface area contributed by atoms with E-state index >= 15 is 0 Å². The third-order valence-electron chi connectivity index (χ3n) is 4.05. The van der Waals surface area contributed by atoms with Gasteiger partial charge in [0.2, 0.25) is 0 Å². The van der Waals surface area contributed by atoms with Crippen LogP contribution >= 0.6 is 0 Å². The molecule has 6 heteroatoms. The highest BCUT2D eigenvalue weighted by molar-refractivity contribution is 6.08. The highest BCUT2D eigenvalue weighted by Gasteiger charge is 2.36. The molecule has 116 valence electrons. The summed E-state index contributed by atoms with van der Waals surface area (Å²) in [6.45, 7) is 1.04. The quantitative estimate of drug-likeness (QED) is 0.850. The Morgan fingerprint density at radius 2 is 2.30 bits per heavy atom. The summed E-state index contributed by atoms with van der Waals surface area (Å²) in [5.41, 5.74) is 2.30. The molecule has 1 unspecified atom stereocenters. The summed E-state index contributed by atoms with van der Waals surface area (Å²) in [6.07, 6.45) is 3.20. The first kappa shape index (κ1) is 13.8. The van der Waals surface area contributed by atoms with Crippen LogP contribution in [0.1, 0.15) is 15.9 Å². The van der Waals surface area contributed by atoms with Crippen LogP contribution < -0.4 is 9.47 Å². The van der Waals surface area contributed by atoms with Crippen molar-refractivity contribution in [3.63, 3.8) is 0 Å². The van der Waals surface area contributed by atoms with Crippen LogP contribution in [0.2, 0.25) is 0 Å². The largest absolute Gasteiger partial charge is 0.497 e. The molecule has 1 aromatic heterocycles. The Balaban J connectivity index is 1.68. The Bertz CT molecular complexity index is 789. The topological polar surface area (TPSA) is 64.0 Å². The number of hydrazone groups is 1. The van der Waals surface area contributed by atoms with Crippen molar-refractivity contribution in [3.05, 3.63) is 53.9 Å². The second kappa shape index (κ2) is 5.39. The molecule has 0 N–H and O–H groups in total. The van der Waals surface area contributed by atoms with Gasteiger partial charge in [-0.1, -0.05) is 0 Å². The van der Waals surface area contributed by atoms with E-state index in [2.05, 4.69) is 10.1 Å².